The van der Waals surface area contributed by atoms with E-state index in [1.54, 1.807) is 0 Å². The van der Waals surface area contributed by atoms with E-state index in [1.165, 1.54) is 11.3 Å². The van der Waals surface area contributed by atoms with Crippen LogP contribution < -0.4 is 10.2 Å². The van der Waals surface area contributed by atoms with Gasteiger partial charge < -0.3 is 20.0 Å². The van der Waals surface area contributed by atoms with Gasteiger partial charge in [0, 0.05) is 50.2 Å². The zero-order chi connectivity index (χ0) is 21.8. The molecule has 2 amide bonds. The van der Waals surface area contributed by atoms with Gasteiger partial charge in [0.25, 0.3) is 5.91 Å². The first-order valence-corrected chi connectivity index (χ1v) is 12.2. The number of hydrogen-bond acceptors (Lipinski definition) is 5. The number of nitrogens with zero attached hydrogens (tertiary/aromatic N) is 3. The smallest absolute Gasteiger partial charge is 0.263 e. The van der Waals surface area contributed by atoms with Crippen LogP contribution in [0.15, 0.2) is 35.7 Å². The summed E-state index contributed by atoms with van der Waals surface area (Å²) in [6.45, 7) is 8.36. The fourth-order valence-electron chi connectivity index (χ4n) is 4.32. The summed E-state index contributed by atoms with van der Waals surface area (Å²) in [5.41, 5.74) is 1.80. The summed E-state index contributed by atoms with van der Waals surface area (Å²) in [7, 11) is 0. The van der Waals surface area contributed by atoms with Gasteiger partial charge in [-0.2, -0.15) is 0 Å². The Morgan fingerprint density at radius 3 is 2.48 bits per heavy atom. The maximum Gasteiger partial charge on any atom is 0.263 e. The van der Waals surface area contributed by atoms with Gasteiger partial charge in [-0.3, -0.25) is 9.59 Å². The number of halogens is 1. The van der Waals surface area contributed by atoms with Gasteiger partial charge in [-0.15, -0.1) is 11.3 Å². The van der Waals surface area contributed by atoms with Crippen LogP contribution in [0.25, 0.3) is 0 Å². The lowest BCUT2D eigenvalue weighted by Gasteiger charge is -2.36. The topological polar surface area (TPSA) is 55.9 Å². The van der Waals surface area contributed by atoms with Crippen LogP contribution in [-0.2, 0) is 4.79 Å². The molecule has 0 saturated carbocycles. The number of likely N-dealkylation sites (tertiary alicyclic amines) is 1. The Morgan fingerprint density at radius 1 is 1.10 bits per heavy atom. The first-order chi connectivity index (χ1) is 15.0. The Labute approximate surface area is 192 Å². The molecule has 2 aliphatic rings. The highest BCUT2D eigenvalue weighted by atomic mass is 35.5. The van der Waals surface area contributed by atoms with Crippen molar-refractivity contribution in [2.24, 2.45) is 5.92 Å². The van der Waals surface area contributed by atoms with E-state index < -0.39 is 0 Å². The highest BCUT2D eigenvalue weighted by Crippen LogP contribution is 2.31. The van der Waals surface area contributed by atoms with Crippen LogP contribution in [0.3, 0.4) is 0 Å². The number of anilines is 2. The van der Waals surface area contributed by atoms with Crippen molar-refractivity contribution in [3.05, 3.63) is 45.6 Å². The summed E-state index contributed by atoms with van der Waals surface area (Å²) in [5.74, 6) is -0.0210. The van der Waals surface area contributed by atoms with Crippen LogP contribution in [0, 0.1) is 5.92 Å². The average Bonchev–Trinajstić information content (AvgIpc) is 3.34. The molecular formula is C23H29ClN4O2S. The Morgan fingerprint density at radius 2 is 1.84 bits per heavy atom. The zero-order valence-electron chi connectivity index (χ0n) is 17.8. The van der Waals surface area contributed by atoms with Crippen molar-refractivity contribution in [2.45, 2.75) is 19.8 Å². The third-order valence-corrected chi connectivity index (χ3v) is 7.35. The number of thiophene rings is 1. The number of amides is 2. The average molecular weight is 461 g/mol. The molecule has 1 aromatic carbocycles. The molecule has 4 rings (SSSR count). The Balaban J connectivity index is 1.38. The third kappa shape index (κ3) is 5.22. The van der Waals surface area contributed by atoms with E-state index >= 15 is 0 Å². The lowest BCUT2D eigenvalue weighted by atomic mass is 9.95. The number of piperidine rings is 1. The predicted molar refractivity (Wildman–Crippen MR) is 127 cm³/mol. The number of carbonyl (C=O) groups excluding carboxylic acids is 2. The standard InChI is InChI=1S/C23H29ClN4O2S/c1-2-26-11-13-27(14-12-26)20-6-5-18(24)16-19(20)25-22(29)17-7-9-28(10-8-17)23(30)21-4-3-15-31-21/h3-6,15-17H,2,7-14H2,1H3,(H,25,29). The van der Waals surface area contributed by atoms with Gasteiger partial charge in [0.05, 0.1) is 16.3 Å². The van der Waals surface area contributed by atoms with Crippen LogP contribution in [0.1, 0.15) is 29.4 Å². The van der Waals surface area contributed by atoms with Crippen molar-refractivity contribution in [2.75, 3.05) is 56.0 Å². The second-order valence-electron chi connectivity index (χ2n) is 8.12. The van der Waals surface area contributed by atoms with Gasteiger partial charge in [0.1, 0.15) is 0 Å². The lowest BCUT2D eigenvalue weighted by Crippen LogP contribution is -2.46. The molecule has 0 spiro atoms. The fraction of sp³-hybridized carbons (Fsp3) is 0.478. The molecule has 2 aromatic rings. The van der Waals surface area contributed by atoms with Crippen LogP contribution in [0.4, 0.5) is 11.4 Å². The van der Waals surface area contributed by atoms with E-state index in [0.717, 1.165) is 49.0 Å². The zero-order valence-corrected chi connectivity index (χ0v) is 19.4. The molecule has 31 heavy (non-hydrogen) atoms. The summed E-state index contributed by atoms with van der Waals surface area (Å²) in [4.78, 5) is 32.9. The fourth-order valence-corrected chi connectivity index (χ4v) is 5.19. The minimum Gasteiger partial charge on any atom is -0.367 e. The molecule has 8 heteroatoms. The molecule has 0 atom stereocenters. The SMILES string of the molecule is CCN1CCN(c2ccc(Cl)cc2NC(=O)C2CCN(C(=O)c3cccs3)CC2)CC1. The molecule has 0 aliphatic carbocycles. The Bertz CT molecular complexity index is 904. The van der Waals surface area contributed by atoms with Gasteiger partial charge in [0.2, 0.25) is 5.91 Å². The van der Waals surface area contributed by atoms with Crippen LogP contribution >= 0.6 is 22.9 Å². The first-order valence-electron chi connectivity index (χ1n) is 11.0. The number of nitrogens with one attached hydrogen (secondary N) is 1. The van der Waals surface area contributed by atoms with E-state index in [0.29, 0.717) is 31.0 Å². The number of carbonyl (C=O) groups is 2. The summed E-state index contributed by atoms with van der Waals surface area (Å²) >= 11 is 7.71. The molecule has 0 bridgehead atoms. The quantitative estimate of drug-likeness (QED) is 0.731. The van der Waals surface area contributed by atoms with Gasteiger partial charge >= 0.3 is 0 Å². The molecule has 0 radical (unpaired) electrons. The van der Waals surface area contributed by atoms with Gasteiger partial charge in [0.15, 0.2) is 0 Å². The van der Waals surface area contributed by atoms with Gasteiger partial charge in [-0.1, -0.05) is 24.6 Å². The van der Waals surface area contributed by atoms with Crippen molar-refractivity contribution in [1.29, 1.82) is 0 Å². The summed E-state index contributed by atoms with van der Waals surface area (Å²) in [6.07, 6.45) is 1.35. The molecule has 3 heterocycles. The Hall–Kier alpha value is -2.09. The molecule has 1 aromatic heterocycles. The molecule has 1 N–H and O–H groups in total. The predicted octanol–water partition coefficient (Wildman–Crippen LogP) is 4.03. The molecular weight excluding hydrogens is 432 g/mol. The van der Waals surface area contributed by atoms with Crippen molar-refractivity contribution >= 4 is 46.1 Å². The normalized spacial score (nSPS) is 18.3. The third-order valence-electron chi connectivity index (χ3n) is 6.26. The van der Waals surface area contributed by atoms with Crippen LogP contribution in [-0.4, -0.2) is 67.4 Å². The second kappa shape index (κ2) is 10.0. The van der Waals surface area contributed by atoms with E-state index in [1.807, 2.05) is 40.6 Å². The lowest BCUT2D eigenvalue weighted by molar-refractivity contribution is -0.121. The Kier molecular flexibility index (Phi) is 7.15. The molecule has 2 fully saturated rings. The molecule has 166 valence electrons. The highest BCUT2D eigenvalue weighted by Gasteiger charge is 2.29. The maximum absolute atomic E-state index is 13.0. The van der Waals surface area contributed by atoms with E-state index in [4.69, 9.17) is 11.6 Å². The number of rotatable bonds is 5. The van der Waals surface area contributed by atoms with Crippen LogP contribution in [0.5, 0.6) is 0 Å². The maximum atomic E-state index is 13.0. The van der Waals surface area contributed by atoms with E-state index in [-0.39, 0.29) is 17.7 Å². The van der Waals surface area contributed by atoms with E-state index in [2.05, 4.69) is 22.0 Å². The van der Waals surface area contributed by atoms with E-state index in [9.17, 15) is 9.59 Å². The summed E-state index contributed by atoms with van der Waals surface area (Å²) < 4.78 is 0. The summed E-state index contributed by atoms with van der Waals surface area (Å²) in [5, 5.41) is 5.66. The van der Waals surface area contributed by atoms with Crippen molar-refractivity contribution in [3.63, 3.8) is 0 Å². The number of piperazine rings is 1. The number of hydrogen-bond donors (Lipinski definition) is 1. The monoisotopic (exact) mass is 460 g/mol. The van der Waals surface area contributed by atoms with Crippen molar-refractivity contribution < 1.29 is 9.59 Å². The van der Waals surface area contributed by atoms with Gasteiger partial charge in [-0.05, 0) is 49.0 Å². The largest absolute Gasteiger partial charge is 0.367 e. The number of likely N-dealkylation sites (N-methyl/N-ethyl adjacent to an activating group) is 1. The molecule has 2 aliphatic heterocycles. The van der Waals surface area contributed by atoms with Crippen molar-refractivity contribution in [1.82, 2.24) is 9.80 Å². The summed E-state index contributed by atoms with van der Waals surface area (Å²) in [6, 6.07) is 9.47. The van der Waals surface area contributed by atoms with Crippen molar-refractivity contribution in [3.8, 4) is 0 Å². The number of benzene rings is 1. The van der Waals surface area contributed by atoms with Gasteiger partial charge in [-0.25, -0.2) is 0 Å². The molecule has 6 nitrogen and oxygen atoms in total. The molecule has 0 unspecified atom stereocenters. The molecule has 2 saturated heterocycles. The van der Waals surface area contributed by atoms with Crippen LogP contribution in [0.2, 0.25) is 5.02 Å². The minimum atomic E-state index is -0.101. The highest BCUT2D eigenvalue weighted by molar-refractivity contribution is 7.12. The minimum absolute atomic E-state index is 0.0129. The second-order valence-corrected chi connectivity index (χ2v) is 9.50. The first kappa shape index (κ1) is 22.1.